The molecule has 2 rings (SSSR count). The van der Waals surface area contributed by atoms with Crippen molar-refractivity contribution in [2.24, 2.45) is 0 Å². The van der Waals surface area contributed by atoms with Crippen LogP contribution >= 0.6 is 0 Å². The van der Waals surface area contributed by atoms with Crippen molar-refractivity contribution in [3.63, 3.8) is 0 Å². The normalized spacial score (nSPS) is 10.7. The number of benzene rings is 2. The molecule has 0 fully saturated rings. The third kappa shape index (κ3) is 8.26. The van der Waals surface area contributed by atoms with Crippen LogP contribution in [-0.2, 0) is 11.3 Å². The average Bonchev–Trinajstić information content (AvgIpc) is 2.72. The van der Waals surface area contributed by atoms with Gasteiger partial charge in [0.1, 0.15) is 11.8 Å². The summed E-state index contributed by atoms with van der Waals surface area (Å²) < 4.78 is 41.4. The van der Waals surface area contributed by atoms with Crippen LogP contribution < -0.4 is 15.4 Å². The number of hydrogen-bond acceptors (Lipinski definition) is 4. The van der Waals surface area contributed by atoms with Gasteiger partial charge in [-0.15, -0.1) is 0 Å². The highest BCUT2D eigenvalue weighted by atomic mass is 19.4. The van der Waals surface area contributed by atoms with E-state index in [1.807, 2.05) is 30.3 Å². The molecule has 164 valence electrons. The number of rotatable bonds is 8. The zero-order chi connectivity index (χ0) is 22.9. The van der Waals surface area contributed by atoms with E-state index in [-0.39, 0.29) is 36.0 Å². The van der Waals surface area contributed by atoms with Crippen LogP contribution in [0.2, 0.25) is 0 Å². The molecular weight excluding hydrogens is 413 g/mol. The van der Waals surface area contributed by atoms with Gasteiger partial charge in [0, 0.05) is 32.2 Å². The zero-order valence-electron chi connectivity index (χ0n) is 16.7. The number of ether oxygens (including phenoxy) is 1. The Labute approximate surface area is 177 Å². The summed E-state index contributed by atoms with van der Waals surface area (Å²) in [6.07, 6.45) is -4.56. The second-order valence-electron chi connectivity index (χ2n) is 6.60. The highest BCUT2D eigenvalue weighted by Crippen LogP contribution is 2.24. The van der Waals surface area contributed by atoms with Crippen molar-refractivity contribution >= 4 is 17.6 Å². The van der Waals surface area contributed by atoms with Crippen molar-refractivity contribution in [3.8, 4) is 11.8 Å². The Bertz CT molecular complexity index is 943. The number of anilines is 1. The van der Waals surface area contributed by atoms with E-state index in [1.54, 1.807) is 13.1 Å². The number of halogens is 3. The summed E-state index contributed by atoms with van der Waals surface area (Å²) in [6, 6.07) is 14.5. The quantitative estimate of drug-likeness (QED) is 0.663. The van der Waals surface area contributed by atoms with E-state index in [0.29, 0.717) is 6.54 Å². The molecule has 3 amide bonds. The third-order valence-corrected chi connectivity index (χ3v) is 4.01. The smallest absolute Gasteiger partial charge is 0.422 e. The molecule has 10 heteroatoms. The molecule has 7 nitrogen and oxygen atoms in total. The third-order valence-electron chi connectivity index (χ3n) is 4.01. The molecule has 0 atom stereocenters. The molecule has 0 unspecified atom stereocenters. The minimum absolute atomic E-state index is 0.0286. The molecule has 0 saturated heterocycles. The standard InChI is InChI=1S/C21H21F3N4O3/c1-28(13-15-5-3-2-4-6-15)20(30)26-10-9-19(29)27-17-7-8-18(16(11-17)12-25)31-14-21(22,23)24/h2-8,11H,9-10,13-14H2,1H3,(H,26,30)(H,27,29). The minimum atomic E-state index is -4.53. The fourth-order valence-electron chi connectivity index (χ4n) is 2.55. The number of hydrogen-bond donors (Lipinski definition) is 2. The molecule has 2 aromatic carbocycles. The van der Waals surface area contributed by atoms with Gasteiger partial charge in [-0.2, -0.15) is 18.4 Å². The van der Waals surface area contributed by atoms with Gasteiger partial charge < -0.3 is 20.3 Å². The van der Waals surface area contributed by atoms with Crippen LogP contribution in [0.4, 0.5) is 23.7 Å². The number of nitrogens with one attached hydrogen (secondary N) is 2. The van der Waals surface area contributed by atoms with Gasteiger partial charge in [-0.1, -0.05) is 30.3 Å². The van der Waals surface area contributed by atoms with Gasteiger partial charge in [0.25, 0.3) is 0 Å². The van der Waals surface area contributed by atoms with Crippen LogP contribution in [0.5, 0.6) is 5.75 Å². The predicted molar refractivity (Wildman–Crippen MR) is 107 cm³/mol. The van der Waals surface area contributed by atoms with Gasteiger partial charge in [0.15, 0.2) is 6.61 Å². The first-order valence-corrected chi connectivity index (χ1v) is 9.24. The molecule has 0 aliphatic rings. The van der Waals surface area contributed by atoms with E-state index in [1.165, 1.54) is 23.1 Å². The van der Waals surface area contributed by atoms with Gasteiger partial charge in [0.2, 0.25) is 5.91 Å². The summed E-state index contributed by atoms with van der Waals surface area (Å²) in [4.78, 5) is 25.6. The molecule has 0 saturated carbocycles. The maximum absolute atomic E-state index is 12.3. The lowest BCUT2D eigenvalue weighted by Crippen LogP contribution is -2.38. The monoisotopic (exact) mass is 434 g/mol. The first-order valence-electron chi connectivity index (χ1n) is 9.24. The summed E-state index contributed by atoms with van der Waals surface area (Å²) >= 11 is 0. The number of nitriles is 1. The Hall–Kier alpha value is -3.74. The zero-order valence-corrected chi connectivity index (χ0v) is 16.7. The second kappa shape index (κ2) is 10.9. The molecular formula is C21H21F3N4O3. The Morgan fingerprint density at radius 2 is 1.87 bits per heavy atom. The Morgan fingerprint density at radius 3 is 2.52 bits per heavy atom. The number of urea groups is 1. The van der Waals surface area contributed by atoms with Gasteiger partial charge in [0.05, 0.1) is 5.56 Å². The predicted octanol–water partition coefficient (Wildman–Crippen LogP) is 3.67. The van der Waals surface area contributed by atoms with Crippen molar-refractivity contribution in [2.45, 2.75) is 19.1 Å². The van der Waals surface area contributed by atoms with Crippen LogP contribution in [-0.4, -0.2) is 43.2 Å². The molecule has 0 heterocycles. The fraction of sp³-hybridized carbons (Fsp3) is 0.286. The SMILES string of the molecule is CN(Cc1ccccc1)C(=O)NCCC(=O)Nc1ccc(OCC(F)(F)F)c(C#N)c1. The van der Waals surface area contributed by atoms with Crippen molar-refractivity contribution in [1.82, 2.24) is 10.2 Å². The summed E-state index contributed by atoms with van der Waals surface area (Å²) in [5, 5.41) is 14.2. The molecule has 0 bridgehead atoms. The van der Waals surface area contributed by atoms with Crippen LogP contribution in [0.15, 0.2) is 48.5 Å². The lowest BCUT2D eigenvalue weighted by Gasteiger charge is -2.18. The molecule has 31 heavy (non-hydrogen) atoms. The van der Waals surface area contributed by atoms with Crippen molar-refractivity contribution < 1.29 is 27.5 Å². The first kappa shape index (κ1) is 23.5. The molecule has 0 aliphatic carbocycles. The summed E-state index contributed by atoms with van der Waals surface area (Å²) in [6.45, 7) is -1.02. The van der Waals surface area contributed by atoms with E-state index < -0.39 is 18.7 Å². The Kier molecular flexibility index (Phi) is 8.25. The highest BCUT2D eigenvalue weighted by Gasteiger charge is 2.28. The van der Waals surface area contributed by atoms with Crippen LogP contribution in [0.3, 0.4) is 0 Å². The largest absolute Gasteiger partial charge is 0.483 e. The molecule has 2 aromatic rings. The molecule has 0 aliphatic heterocycles. The summed E-state index contributed by atoms with van der Waals surface area (Å²) in [5.74, 6) is -0.662. The van der Waals surface area contributed by atoms with E-state index in [0.717, 1.165) is 5.56 Å². The number of carbonyl (C=O) groups excluding carboxylic acids is 2. The average molecular weight is 434 g/mol. The van der Waals surface area contributed by atoms with Crippen molar-refractivity contribution in [2.75, 3.05) is 25.5 Å². The van der Waals surface area contributed by atoms with Crippen molar-refractivity contribution in [3.05, 3.63) is 59.7 Å². The van der Waals surface area contributed by atoms with E-state index in [2.05, 4.69) is 15.4 Å². The maximum Gasteiger partial charge on any atom is 0.422 e. The number of amides is 3. The Balaban J connectivity index is 1.80. The molecule has 0 aromatic heterocycles. The second-order valence-corrected chi connectivity index (χ2v) is 6.60. The topological polar surface area (TPSA) is 94.5 Å². The lowest BCUT2D eigenvalue weighted by atomic mass is 10.2. The van der Waals surface area contributed by atoms with Gasteiger partial charge in [-0.05, 0) is 23.8 Å². The minimum Gasteiger partial charge on any atom is -0.483 e. The first-order chi connectivity index (χ1) is 14.7. The number of nitrogens with zero attached hydrogens (tertiary/aromatic N) is 2. The number of alkyl halides is 3. The van der Waals surface area contributed by atoms with Crippen LogP contribution in [0.1, 0.15) is 17.5 Å². The fourth-order valence-corrected chi connectivity index (χ4v) is 2.55. The summed E-state index contributed by atoms with van der Waals surface area (Å²) in [7, 11) is 1.63. The highest BCUT2D eigenvalue weighted by molar-refractivity contribution is 5.91. The maximum atomic E-state index is 12.3. The summed E-state index contributed by atoms with van der Waals surface area (Å²) in [5.41, 5.74) is 1.06. The van der Waals surface area contributed by atoms with Crippen LogP contribution in [0, 0.1) is 11.3 Å². The van der Waals surface area contributed by atoms with Crippen LogP contribution in [0.25, 0.3) is 0 Å². The Morgan fingerprint density at radius 1 is 1.16 bits per heavy atom. The van der Waals surface area contributed by atoms with Gasteiger partial charge in [-0.3, -0.25) is 4.79 Å². The van der Waals surface area contributed by atoms with E-state index in [9.17, 15) is 22.8 Å². The lowest BCUT2D eigenvalue weighted by molar-refractivity contribution is -0.153. The molecule has 2 N–H and O–H groups in total. The molecule has 0 radical (unpaired) electrons. The van der Waals surface area contributed by atoms with Crippen molar-refractivity contribution in [1.29, 1.82) is 5.26 Å². The molecule has 0 spiro atoms. The van der Waals surface area contributed by atoms with Gasteiger partial charge >= 0.3 is 12.2 Å². The van der Waals surface area contributed by atoms with E-state index >= 15 is 0 Å². The number of carbonyl (C=O) groups is 2. The van der Waals surface area contributed by atoms with E-state index in [4.69, 9.17) is 5.26 Å². The van der Waals surface area contributed by atoms with Gasteiger partial charge in [-0.25, -0.2) is 4.79 Å².